The molecule has 1 nitrogen and oxygen atoms in total. The van der Waals surface area contributed by atoms with Crippen molar-refractivity contribution in [1.82, 2.24) is 0 Å². The Morgan fingerprint density at radius 1 is 1.05 bits per heavy atom. The maximum Gasteiger partial charge on any atom is 0.0568 e. The van der Waals surface area contributed by atoms with E-state index in [2.05, 4.69) is 64.3 Å². The van der Waals surface area contributed by atoms with E-state index in [1.54, 1.807) is 0 Å². The summed E-state index contributed by atoms with van der Waals surface area (Å²) in [6.45, 7) is 0. The van der Waals surface area contributed by atoms with Crippen LogP contribution in [-0.2, 0) is 0 Å². The van der Waals surface area contributed by atoms with Crippen LogP contribution in [0.4, 0.5) is 5.69 Å². The lowest BCUT2D eigenvalue weighted by atomic mass is 9.77. The van der Waals surface area contributed by atoms with Crippen molar-refractivity contribution in [3.05, 3.63) is 73.3 Å². The molecule has 2 aromatic carbocycles. The van der Waals surface area contributed by atoms with E-state index >= 15 is 0 Å². The summed E-state index contributed by atoms with van der Waals surface area (Å²) in [6.07, 6.45) is 5.71. The monoisotopic (exact) mass is 441 g/mol. The molecule has 0 amide bonds. The molecule has 22 heavy (non-hydrogen) atoms. The fraction of sp³-hybridized carbons (Fsp3) is 0.222. The number of anilines is 1. The third kappa shape index (κ3) is 2.45. The first-order chi connectivity index (χ1) is 10.6. The van der Waals surface area contributed by atoms with Crippen LogP contribution in [0.1, 0.15) is 29.5 Å². The van der Waals surface area contributed by atoms with E-state index in [0.717, 1.165) is 17.0 Å². The van der Waals surface area contributed by atoms with Gasteiger partial charge in [-0.15, -0.1) is 0 Å². The zero-order chi connectivity index (χ0) is 15.3. The number of hydrogen-bond acceptors (Lipinski definition) is 1. The van der Waals surface area contributed by atoms with Gasteiger partial charge in [0.25, 0.3) is 0 Å². The normalized spacial score (nSPS) is 25.5. The van der Waals surface area contributed by atoms with Gasteiger partial charge in [0.15, 0.2) is 0 Å². The molecule has 1 N–H and O–H groups in total. The minimum absolute atomic E-state index is 0.220. The average molecular weight is 442 g/mol. The Bertz CT molecular complexity index is 772. The predicted molar refractivity (Wildman–Crippen MR) is 102 cm³/mol. The third-order valence-electron chi connectivity index (χ3n) is 4.62. The highest BCUT2D eigenvalue weighted by molar-refractivity contribution is 14.1. The van der Waals surface area contributed by atoms with Gasteiger partial charge >= 0.3 is 0 Å². The van der Waals surface area contributed by atoms with E-state index in [9.17, 15) is 0 Å². The maximum absolute atomic E-state index is 6.46. The first-order valence-corrected chi connectivity index (χ1v) is 9.14. The highest BCUT2D eigenvalue weighted by Gasteiger charge is 2.38. The van der Waals surface area contributed by atoms with E-state index in [4.69, 9.17) is 23.2 Å². The Labute approximate surface area is 153 Å². The summed E-state index contributed by atoms with van der Waals surface area (Å²) in [5.74, 6) is 0.965. The number of rotatable bonds is 1. The molecular formula is C18H14Cl2IN. The van der Waals surface area contributed by atoms with E-state index in [-0.39, 0.29) is 6.04 Å². The lowest BCUT2D eigenvalue weighted by molar-refractivity contribution is 0.425. The maximum atomic E-state index is 6.46. The second kappa shape index (κ2) is 5.73. The van der Waals surface area contributed by atoms with E-state index in [1.165, 1.54) is 14.8 Å². The summed E-state index contributed by atoms with van der Waals surface area (Å²) in [7, 11) is 0. The Hall–Kier alpha value is -0.710. The van der Waals surface area contributed by atoms with Crippen molar-refractivity contribution in [1.29, 1.82) is 0 Å². The van der Waals surface area contributed by atoms with E-state index < -0.39 is 0 Å². The zero-order valence-corrected chi connectivity index (χ0v) is 15.4. The molecule has 0 saturated carbocycles. The van der Waals surface area contributed by atoms with Crippen molar-refractivity contribution in [3.63, 3.8) is 0 Å². The molecule has 0 radical (unpaired) electrons. The zero-order valence-electron chi connectivity index (χ0n) is 11.7. The first kappa shape index (κ1) is 14.9. The number of nitrogens with one attached hydrogen (secondary N) is 1. The molecular weight excluding hydrogens is 428 g/mol. The van der Waals surface area contributed by atoms with Crippen molar-refractivity contribution in [2.24, 2.45) is 5.92 Å². The van der Waals surface area contributed by atoms with Crippen LogP contribution in [0.15, 0.2) is 48.6 Å². The summed E-state index contributed by atoms with van der Waals surface area (Å²) >= 11 is 14.9. The number of hydrogen-bond donors (Lipinski definition) is 1. The smallest absolute Gasteiger partial charge is 0.0568 e. The fourth-order valence-corrected chi connectivity index (χ4v) is 4.67. The summed E-state index contributed by atoms with van der Waals surface area (Å²) < 4.78 is 1.28. The van der Waals surface area contributed by atoms with Gasteiger partial charge in [-0.1, -0.05) is 41.4 Å². The van der Waals surface area contributed by atoms with Crippen molar-refractivity contribution in [2.75, 3.05) is 5.32 Å². The Kier molecular flexibility index (Phi) is 3.87. The molecule has 0 bridgehead atoms. The van der Waals surface area contributed by atoms with Crippen LogP contribution < -0.4 is 5.32 Å². The van der Waals surface area contributed by atoms with Gasteiger partial charge in [0, 0.05) is 25.2 Å². The van der Waals surface area contributed by atoms with Gasteiger partial charge in [0.1, 0.15) is 0 Å². The fourth-order valence-electron chi connectivity index (χ4n) is 3.63. The minimum atomic E-state index is 0.220. The van der Waals surface area contributed by atoms with Gasteiger partial charge in [-0.3, -0.25) is 0 Å². The number of halogens is 3. The molecule has 3 atom stereocenters. The summed E-state index contributed by atoms with van der Waals surface area (Å²) in [5.41, 5.74) is 3.74. The lowest BCUT2D eigenvalue weighted by Crippen LogP contribution is -2.29. The summed E-state index contributed by atoms with van der Waals surface area (Å²) in [6, 6.07) is 12.6. The van der Waals surface area contributed by atoms with Crippen LogP contribution in [0.2, 0.25) is 10.0 Å². The molecule has 1 aliphatic heterocycles. The van der Waals surface area contributed by atoms with Crippen molar-refractivity contribution >= 4 is 51.5 Å². The standard InChI is InChI=1S/C18H14Cl2IN/c19-10-4-6-14(16(20)8-10)18-13-3-1-2-12(13)15-9-11(21)5-7-17(15)22-18/h1-2,4-9,12-13,18,22H,3H2/t12-,13+,18+/m0/s1. The van der Waals surface area contributed by atoms with Crippen molar-refractivity contribution < 1.29 is 0 Å². The SMILES string of the molecule is Clc1ccc([C@@H]2Nc3ccc(I)cc3[C@H]3C=CC[C@H]32)c(Cl)c1. The van der Waals surface area contributed by atoms with Crippen LogP contribution >= 0.6 is 45.8 Å². The molecule has 0 unspecified atom stereocenters. The van der Waals surface area contributed by atoms with Gasteiger partial charge in [-0.05, 0) is 76.4 Å². The Balaban J connectivity index is 1.81. The molecule has 2 aliphatic rings. The van der Waals surface area contributed by atoms with E-state index in [1.807, 2.05) is 12.1 Å². The molecule has 1 heterocycles. The van der Waals surface area contributed by atoms with Crippen LogP contribution in [-0.4, -0.2) is 0 Å². The molecule has 112 valence electrons. The third-order valence-corrected chi connectivity index (χ3v) is 5.86. The molecule has 0 spiro atoms. The number of benzene rings is 2. The molecule has 0 fully saturated rings. The summed E-state index contributed by atoms with van der Waals surface area (Å²) in [4.78, 5) is 0. The van der Waals surface area contributed by atoms with Crippen molar-refractivity contribution in [3.8, 4) is 0 Å². The molecule has 4 rings (SSSR count). The molecule has 0 aromatic heterocycles. The van der Waals surface area contributed by atoms with Crippen LogP contribution in [0, 0.1) is 9.49 Å². The van der Waals surface area contributed by atoms with Gasteiger partial charge in [0.05, 0.1) is 6.04 Å². The molecule has 4 heteroatoms. The largest absolute Gasteiger partial charge is 0.378 e. The second-order valence-corrected chi connectivity index (χ2v) is 7.96. The topological polar surface area (TPSA) is 12.0 Å². The summed E-state index contributed by atoms with van der Waals surface area (Å²) in [5, 5.41) is 5.12. The molecule has 1 aliphatic carbocycles. The van der Waals surface area contributed by atoms with Crippen LogP contribution in [0.5, 0.6) is 0 Å². The first-order valence-electron chi connectivity index (χ1n) is 7.31. The lowest BCUT2D eigenvalue weighted by Gasteiger charge is -2.38. The quantitative estimate of drug-likeness (QED) is 0.397. The molecule has 2 aromatic rings. The highest BCUT2D eigenvalue weighted by atomic mass is 127. The number of allylic oxidation sites excluding steroid dienone is 2. The van der Waals surface area contributed by atoms with Gasteiger partial charge in [0.2, 0.25) is 0 Å². The minimum Gasteiger partial charge on any atom is -0.378 e. The second-order valence-electron chi connectivity index (χ2n) is 5.87. The van der Waals surface area contributed by atoms with Gasteiger partial charge in [-0.2, -0.15) is 0 Å². The van der Waals surface area contributed by atoms with Crippen LogP contribution in [0.3, 0.4) is 0 Å². The molecule has 0 saturated heterocycles. The van der Waals surface area contributed by atoms with E-state index in [0.29, 0.717) is 16.9 Å². The Morgan fingerprint density at radius 2 is 1.91 bits per heavy atom. The number of fused-ring (bicyclic) bond motifs is 3. The van der Waals surface area contributed by atoms with Gasteiger partial charge in [-0.25, -0.2) is 0 Å². The highest BCUT2D eigenvalue weighted by Crippen LogP contribution is 2.51. The Morgan fingerprint density at radius 3 is 2.73 bits per heavy atom. The average Bonchev–Trinajstić information content (AvgIpc) is 2.97. The van der Waals surface area contributed by atoms with Crippen LogP contribution in [0.25, 0.3) is 0 Å². The predicted octanol–water partition coefficient (Wildman–Crippen LogP) is 6.42. The van der Waals surface area contributed by atoms with Crippen molar-refractivity contribution in [2.45, 2.75) is 18.4 Å². The van der Waals surface area contributed by atoms with Gasteiger partial charge < -0.3 is 5.32 Å².